The molecule has 0 unspecified atom stereocenters. The first kappa shape index (κ1) is 20.2. The van der Waals surface area contributed by atoms with Crippen LogP contribution in [-0.4, -0.2) is 43.5 Å². The molecule has 12 heteroatoms. The lowest BCUT2D eigenvalue weighted by atomic mass is 10.1. The van der Waals surface area contributed by atoms with Gasteiger partial charge in [0, 0.05) is 5.56 Å². The van der Waals surface area contributed by atoms with Crippen LogP contribution >= 0.6 is 11.3 Å². The lowest BCUT2D eigenvalue weighted by molar-refractivity contribution is 0.0950. The summed E-state index contributed by atoms with van der Waals surface area (Å²) in [5.74, 6) is 0.354. The highest BCUT2D eigenvalue weighted by atomic mass is 32.1. The first-order valence-electron chi connectivity index (χ1n) is 9.24. The summed E-state index contributed by atoms with van der Waals surface area (Å²) in [6.07, 6.45) is 0. The van der Waals surface area contributed by atoms with Crippen molar-refractivity contribution in [2.75, 3.05) is 12.3 Å². The third kappa shape index (κ3) is 4.14. The number of hydrogen-bond acceptors (Lipinski definition) is 10. The number of nitrogens with zero attached hydrogens (tertiary/aromatic N) is 6. The number of nitrogen functional groups attached to an aromatic ring is 1. The summed E-state index contributed by atoms with van der Waals surface area (Å²) in [5, 5.41) is 21.4. The summed E-state index contributed by atoms with van der Waals surface area (Å²) < 4.78 is 11.5. The van der Waals surface area contributed by atoms with E-state index in [4.69, 9.17) is 10.5 Å². The predicted octanol–water partition coefficient (Wildman–Crippen LogP) is 2.51. The SMILES string of the molecule is CCOc1cccc(/C(C)=N/NC(=O)c2nnn(-c3nonc3N)c2-c2cccs2)c1. The summed E-state index contributed by atoms with van der Waals surface area (Å²) in [5.41, 5.74) is 10.2. The largest absolute Gasteiger partial charge is 0.494 e. The number of amides is 1. The minimum atomic E-state index is -0.537. The molecule has 0 aliphatic carbocycles. The molecule has 3 heterocycles. The van der Waals surface area contributed by atoms with Gasteiger partial charge in [-0.15, -0.1) is 16.4 Å². The lowest BCUT2D eigenvalue weighted by Gasteiger charge is -2.06. The van der Waals surface area contributed by atoms with Crippen LogP contribution in [0.4, 0.5) is 5.82 Å². The number of carbonyl (C=O) groups is 1. The van der Waals surface area contributed by atoms with Gasteiger partial charge in [-0.05, 0) is 47.7 Å². The second-order valence-electron chi connectivity index (χ2n) is 6.25. The van der Waals surface area contributed by atoms with Crippen molar-refractivity contribution < 1.29 is 14.2 Å². The van der Waals surface area contributed by atoms with E-state index < -0.39 is 5.91 Å². The fraction of sp³-hybridized carbons (Fsp3) is 0.158. The first-order chi connectivity index (χ1) is 15.1. The van der Waals surface area contributed by atoms with Crippen molar-refractivity contribution in [3.63, 3.8) is 0 Å². The van der Waals surface area contributed by atoms with Gasteiger partial charge in [0.05, 0.1) is 17.2 Å². The highest BCUT2D eigenvalue weighted by Crippen LogP contribution is 2.29. The number of hydrogen-bond donors (Lipinski definition) is 2. The van der Waals surface area contributed by atoms with Crippen molar-refractivity contribution >= 4 is 28.8 Å². The van der Waals surface area contributed by atoms with Crippen molar-refractivity contribution in [2.45, 2.75) is 13.8 Å². The number of hydrazone groups is 1. The number of nitrogens with two attached hydrogens (primary N) is 1. The van der Waals surface area contributed by atoms with Crippen molar-refractivity contribution in [3.8, 4) is 22.1 Å². The van der Waals surface area contributed by atoms with Gasteiger partial charge in [0.15, 0.2) is 5.69 Å². The summed E-state index contributed by atoms with van der Waals surface area (Å²) in [6, 6.07) is 11.1. The van der Waals surface area contributed by atoms with Crippen LogP contribution in [0.1, 0.15) is 29.9 Å². The molecule has 0 atom stereocenters. The molecule has 1 amide bonds. The second-order valence-corrected chi connectivity index (χ2v) is 7.20. The van der Waals surface area contributed by atoms with Gasteiger partial charge in [0.1, 0.15) is 11.4 Å². The van der Waals surface area contributed by atoms with Gasteiger partial charge >= 0.3 is 0 Å². The van der Waals surface area contributed by atoms with Crippen LogP contribution in [0.25, 0.3) is 16.4 Å². The number of aromatic nitrogens is 5. The molecule has 4 rings (SSSR count). The topological polar surface area (TPSA) is 146 Å². The van der Waals surface area contributed by atoms with Crippen LogP contribution in [0.2, 0.25) is 0 Å². The molecule has 158 valence electrons. The molecular weight excluding hydrogens is 420 g/mol. The standard InChI is InChI=1S/C19H18N8O3S/c1-3-29-13-7-4-6-12(10-13)11(2)21-23-19(28)15-16(14-8-5-9-31-14)27(26-22-15)18-17(20)24-30-25-18/h4-10H,3H2,1-2H3,(H2,20,24)(H,23,28)/b21-11+. The van der Waals surface area contributed by atoms with Crippen LogP contribution in [0, 0.1) is 0 Å². The highest BCUT2D eigenvalue weighted by Gasteiger charge is 2.25. The predicted molar refractivity (Wildman–Crippen MR) is 114 cm³/mol. The Kier molecular flexibility index (Phi) is 5.71. The average Bonchev–Trinajstić information content (AvgIpc) is 3.52. The van der Waals surface area contributed by atoms with Gasteiger partial charge in [0.2, 0.25) is 11.6 Å². The van der Waals surface area contributed by atoms with Crippen LogP contribution in [0.5, 0.6) is 5.75 Å². The highest BCUT2D eigenvalue weighted by molar-refractivity contribution is 7.13. The molecule has 0 spiro atoms. The van der Waals surface area contributed by atoms with Crippen molar-refractivity contribution in [2.24, 2.45) is 5.10 Å². The Morgan fingerprint density at radius 1 is 1.32 bits per heavy atom. The summed E-state index contributed by atoms with van der Waals surface area (Å²) in [7, 11) is 0. The summed E-state index contributed by atoms with van der Waals surface area (Å²) in [4.78, 5) is 13.6. The monoisotopic (exact) mass is 438 g/mol. The number of carbonyl (C=O) groups excluding carboxylic acids is 1. The minimum Gasteiger partial charge on any atom is -0.494 e. The molecular formula is C19H18N8O3S. The van der Waals surface area contributed by atoms with E-state index in [1.54, 1.807) is 6.92 Å². The number of benzene rings is 1. The number of nitrogens with one attached hydrogen (secondary N) is 1. The Morgan fingerprint density at radius 2 is 2.19 bits per heavy atom. The fourth-order valence-corrected chi connectivity index (χ4v) is 3.54. The quantitative estimate of drug-likeness (QED) is 0.330. The zero-order valence-corrected chi connectivity index (χ0v) is 17.5. The average molecular weight is 438 g/mol. The molecule has 0 saturated carbocycles. The minimum absolute atomic E-state index is 0.0257. The van der Waals surface area contributed by atoms with Crippen LogP contribution in [0.3, 0.4) is 0 Å². The number of ether oxygens (including phenoxy) is 1. The molecule has 1 aromatic carbocycles. The van der Waals surface area contributed by atoms with E-state index in [1.165, 1.54) is 16.0 Å². The third-order valence-electron chi connectivity index (χ3n) is 4.22. The molecule has 3 N–H and O–H groups in total. The third-order valence-corrected chi connectivity index (χ3v) is 5.10. The van der Waals surface area contributed by atoms with Gasteiger partial charge in [0.25, 0.3) is 5.91 Å². The number of rotatable bonds is 7. The molecule has 0 bridgehead atoms. The maximum absolute atomic E-state index is 12.9. The maximum Gasteiger partial charge on any atom is 0.294 e. The van der Waals surface area contributed by atoms with E-state index in [9.17, 15) is 4.79 Å². The Hall–Kier alpha value is -4.06. The van der Waals surface area contributed by atoms with Crippen molar-refractivity contribution in [1.82, 2.24) is 30.7 Å². The van der Waals surface area contributed by atoms with Crippen molar-refractivity contribution in [3.05, 3.63) is 53.0 Å². The molecule has 11 nitrogen and oxygen atoms in total. The smallest absolute Gasteiger partial charge is 0.294 e. The van der Waals surface area contributed by atoms with E-state index in [0.29, 0.717) is 18.0 Å². The molecule has 3 aromatic heterocycles. The van der Waals surface area contributed by atoms with Gasteiger partial charge < -0.3 is 10.5 Å². The molecule has 0 aliphatic heterocycles. The molecule has 0 radical (unpaired) electrons. The fourth-order valence-electron chi connectivity index (χ4n) is 2.78. The Balaban J connectivity index is 1.63. The zero-order valence-electron chi connectivity index (χ0n) is 16.6. The van der Waals surface area contributed by atoms with E-state index in [1.807, 2.05) is 48.7 Å². The number of thiophene rings is 1. The zero-order chi connectivity index (χ0) is 21.8. The van der Waals surface area contributed by atoms with Crippen LogP contribution < -0.4 is 15.9 Å². The Bertz CT molecular complexity index is 1230. The Morgan fingerprint density at radius 3 is 2.90 bits per heavy atom. The summed E-state index contributed by atoms with van der Waals surface area (Å²) >= 11 is 1.41. The number of anilines is 1. The molecule has 31 heavy (non-hydrogen) atoms. The summed E-state index contributed by atoms with van der Waals surface area (Å²) in [6.45, 7) is 4.25. The lowest BCUT2D eigenvalue weighted by Crippen LogP contribution is -2.20. The van der Waals surface area contributed by atoms with Crippen LogP contribution in [0.15, 0.2) is 51.5 Å². The first-order valence-corrected chi connectivity index (χ1v) is 10.1. The van der Waals surface area contributed by atoms with E-state index >= 15 is 0 Å². The van der Waals surface area contributed by atoms with Gasteiger partial charge in [-0.3, -0.25) is 4.79 Å². The van der Waals surface area contributed by atoms with E-state index in [-0.39, 0.29) is 17.3 Å². The second kappa shape index (κ2) is 8.75. The van der Waals surface area contributed by atoms with Gasteiger partial charge in [-0.25, -0.2) is 10.1 Å². The van der Waals surface area contributed by atoms with Gasteiger partial charge in [-0.1, -0.05) is 23.4 Å². The molecule has 0 saturated heterocycles. The Labute approximate surface area is 180 Å². The van der Waals surface area contributed by atoms with E-state index in [2.05, 4.69) is 35.8 Å². The normalized spacial score (nSPS) is 11.5. The van der Waals surface area contributed by atoms with Gasteiger partial charge in [-0.2, -0.15) is 9.78 Å². The van der Waals surface area contributed by atoms with Crippen LogP contribution in [-0.2, 0) is 0 Å². The van der Waals surface area contributed by atoms with Crippen molar-refractivity contribution in [1.29, 1.82) is 0 Å². The molecule has 4 aromatic rings. The maximum atomic E-state index is 12.9. The molecule has 0 fully saturated rings. The van der Waals surface area contributed by atoms with E-state index in [0.717, 1.165) is 16.2 Å². The molecule has 0 aliphatic rings.